The molecule has 10 heteroatoms. The monoisotopic (exact) mass is 443 g/mol. The molecule has 2 aromatic rings. The van der Waals surface area contributed by atoms with Crippen molar-refractivity contribution in [1.29, 1.82) is 0 Å². The Kier molecular flexibility index (Phi) is 6.54. The van der Waals surface area contributed by atoms with Crippen LogP contribution in [0.4, 0.5) is 19.0 Å². The summed E-state index contributed by atoms with van der Waals surface area (Å²) in [4.78, 5) is 32.1. The molecule has 30 heavy (non-hydrogen) atoms. The molecule has 1 amide bonds. The second-order valence-corrected chi connectivity index (χ2v) is 8.52. The number of amides is 1. The maximum absolute atomic E-state index is 13.7. The van der Waals surface area contributed by atoms with Crippen LogP contribution in [0, 0.1) is 5.92 Å². The zero-order valence-electron chi connectivity index (χ0n) is 17.1. The number of nitrogens with zero attached hydrogens (tertiary/aromatic N) is 3. The fraction of sp³-hybridized carbons (Fsp3) is 0.550. The summed E-state index contributed by atoms with van der Waals surface area (Å²) >= 11 is 0.824. The molecule has 0 saturated carbocycles. The standard InChI is InChI=1S/C20H24F3N3O3S/c1-12(2)4-5-16(27)26-8-6-25(7-9-26)15-10-14(20(21,22)23)18-17(24-15)13(11-30-18)19(28)29-3/h10-12H,4-9H2,1-3H3. The van der Waals surface area contributed by atoms with Crippen LogP contribution < -0.4 is 4.90 Å². The first-order valence-electron chi connectivity index (χ1n) is 9.72. The summed E-state index contributed by atoms with van der Waals surface area (Å²) < 4.78 is 45.6. The number of methoxy groups -OCH3 is 1. The fourth-order valence-electron chi connectivity index (χ4n) is 3.38. The normalized spacial score (nSPS) is 15.2. The van der Waals surface area contributed by atoms with Gasteiger partial charge in [-0.2, -0.15) is 13.2 Å². The van der Waals surface area contributed by atoms with E-state index < -0.39 is 17.7 Å². The lowest BCUT2D eigenvalue weighted by molar-refractivity contribution is -0.136. The Labute approximate surface area is 176 Å². The summed E-state index contributed by atoms with van der Waals surface area (Å²) in [5, 5.41) is 1.34. The highest BCUT2D eigenvalue weighted by molar-refractivity contribution is 7.17. The van der Waals surface area contributed by atoms with E-state index in [2.05, 4.69) is 23.6 Å². The fourth-order valence-corrected chi connectivity index (χ4v) is 4.39. The molecule has 2 aromatic heterocycles. The van der Waals surface area contributed by atoms with Gasteiger partial charge in [0, 0.05) is 38.0 Å². The third-order valence-corrected chi connectivity index (χ3v) is 6.11. The number of aromatic nitrogens is 1. The number of carbonyl (C=O) groups is 2. The molecule has 0 bridgehead atoms. The number of thiophene rings is 1. The lowest BCUT2D eigenvalue weighted by Crippen LogP contribution is -2.49. The van der Waals surface area contributed by atoms with Crippen molar-refractivity contribution >= 4 is 39.2 Å². The molecule has 0 atom stereocenters. The number of esters is 1. The van der Waals surface area contributed by atoms with Gasteiger partial charge in [-0.3, -0.25) is 4.79 Å². The number of anilines is 1. The maximum atomic E-state index is 13.7. The zero-order valence-corrected chi connectivity index (χ0v) is 17.9. The largest absolute Gasteiger partial charge is 0.465 e. The van der Waals surface area contributed by atoms with Crippen LogP contribution in [0.5, 0.6) is 0 Å². The van der Waals surface area contributed by atoms with Gasteiger partial charge in [-0.05, 0) is 18.4 Å². The molecule has 6 nitrogen and oxygen atoms in total. The van der Waals surface area contributed by atoms with Gasteiger partial charge in [0.2, 0.25) is 5.91 Å². The number of pyridine rings is 1. The first-order valence-corrected chi connectivity index (χ1v) is 10.6. The second kappa shape index (κ2) is 8.79. The predicted octanol–water partition coefficient (Wildman–Crippen LogP) is 4.19. The quantitative estimate of drug-likeness (QED) is 0.649. The summed E-state index contributed by atoms with van der Waals surface area (Å²) in [6.07, 6.45) is -3.30. The summed E-state index contributed by atoms with van der Waals surface area (Å²) in [6.45, 7) is 5.70. The lowest BCUT2D eigenvalue weighted by Gasteiger charge is -2.36. The SMILES string of the molecule is COC(=O)c1csc2c(C(F)(F)F)cc(N3CCN(C(=O)CCC(C)C)CC3)nc12. The Hall–Kier alpha value is -2.36. The molecule has 1 fully saturated rings. The predicted molar refractivity (Wildman–Crippen MR) is 109 cm³/mol. The van der Waals surface area contributed by atoms with Gasteiger partial charge in [-0.1, -0.05) is 13.8 Å². The van der Waals surface area contributed by atoms with Crippen molar-refractivity contribution < 1.29 is 27.5 Å². The molecule has 1 saturated heterocycles. The number of hydrogen-bond acceptors (Lipinski definition) is 6. The van der Waals surface area contributed by atoms with E-state index in [1.165, 1.54) is 12.5 Å². The molecule has 0 aliphatic carbocycles. The Morgan fingerprint density at radius 3 is 2.47 bits per heavy atom. The lowest BCUT2D eigenvalue weighted by atomic mass is 10.1. The third-order valence-electron chi connectivity index (χ3n) is 5.11. The van der Waals surface area contributed by atoms with Gasteiger partial charge in [0.15, 0.2) is 0 Å². The molecule has 0 aromatic carbocycles. The van der Waals surface area contributed by atoms with Gasteiger partial charge < -0.3 is 14.5 Å². The Morgan fingerprint density at radius 2 is 1.90 bits per heavy atom. The highest BCUT2D eigenvalue weighted by atomic mass is 32.1. The van der Waals surface area contributed by atoms with Crippen molar-refractivity contribution in [2.45, 2.75) is 32.9 Å². The molecule has 0 spiro atoms. The number of ether oxygens (including phenoxy) is 1. The van der Waals surface area contributed by atoms with Crippen molar-refractivity contribution in [3.63, 3.8) is 0 Å². The van der Waals surface area contributed by atoms with E-state index in [9.17, 15) is 22.8 Å². The van der Waals surface area contributed by atoms with Crippen LogP contribution in [0.15, 0.2) is 11.4 Å². The Morgan fingerprint density at radius 1 is 1.23 bits per heavy atom. The first-order chi connectivity index (χ1) is 14.1. The van der Waals surface area contributed by atoms with E-state index in [1.54, 1.807) is 9.80 Å². The van der Waals surface area contributed by atoms with Crippen LogP contribution in [0.1, 0.15) is 42.6 Å². The average Bonchev–Trinajstić information content (AvgIpc) is 3.14. The molecule has 0 unspecified atom stereocenters. The smallest absolute Gasteiger partial charge is 0.417 e. The van der Waals surface area contributed by atoms with Gasteiger partial charge in [0.25, 0.3) is 0 Å². The van der Waals surface area contributed by atoms with E-state index in [4.69, 9.17) is 0 Å². The molecule has 0 radical (unpaired) electrons. The number of halogens is 3. The maximum Gasteiger partial charge on any atom is 0.417 e. The van der Waals surface area contributed by atoms with Crippen LogP contribution in [-0.4, -0.2) is 55.0 Å². The van der Waals surface area contributed by atoms with Crippen LogP contribution in [0.25, 0.3) is 10.2 Å². The summed E-state index contributed by atoms with van der Waals surface area (Å²) in [5.74, 6) is -0.0811. The van der Waals surface area contributed by atoms with E-state index in [0.29, 0.717) is 38.5 Å². The molecular formula is C20H24F3N3O3S. The number of alkyl halides is 3. The number of piperazine rings is 1. The molecule has 1 aliphatic heterocycles. The second-order valence-electron chi connectivity index (χ2n) is 7.64. The Bertz CT molecular complexity index is 935. The van der Waals surface area contributed by atoms with E-state index in [0.717, 1.165) is 23.8 Å². The van der Waals surface area contributed by atoms with Crippen molar-refractivity contribution in [2.24, 2.45) is 5.92 Å². The van der Waals surface area contributed by atoms with Crippen molar-refractivity contribution in [2.75, 3.05) is 38.2 Å². The van der Waals surface area contributed by atoms with Gasteiger partial charge in [-0.15, -0.1) is 11.3 Å². The number of carbonyl (C=O) groups excluding carboxylic acids is 2. The summed E-state index contributed by atoms with van der Waals surface area (Å²) in [6, 6.07) is 1.02. The first kappa shape index (κ1) is 22.3. The topological polar surface area (TPSA) is 62.7 Å². The van der Waals surface area contributed by atoms with Gasteiger partial charge in [0.1, 0.15) is 5.82 Å². The van der Waals surface area contributed by atoms with Crippen molar-refractivity contribution in [1.82, 2.24) is 9.88 Å². The highest BCUT2D eigenvalue weighted by Gasteiger charge is 2.36. The average molecular weight is 443 g/mol. The summed E-state index contributed by atoms with van der Waals surface area (Å²) in [7, 11) is 1.18. The number of hydrogen-bond donors (Lipinski definition) is 0. The minimum atomic E-state index is -4.58. The number of fused-ring (bicyclic) bond motifs is 1. The van der Waals surface area contributed by atoms with Crippen LogP contribution in [0.2, 0.25) is 0 Å². The van der Waals surface area contributed by atoms with E-state index >= 15 is 0 Å². The molecule has 164 valence electrons. The number of rotatable bonds is 5. The summed E-state index contributed by atoms with van der Waals surface area (Å²) in [5.41, 5.74) is -0.808. The zero-order chi connectivity index (χ0) is 22.1. The van der Waals surface area contributed by atoms with Crippen LogP contribution in [-0.2, 0) is 15.7 Å². The third kappa shape index (κ3) is 4.69. The Balaban J connectivity index is 1.86. The van der Waals surface area contributed by atoms with Crippen LogP contribution in [0.3, 0.4) is 0 Å². The van der Waals surface area contributed by atoms with Crippen LogP contribution >= 0.6 is 11.3 Å². The molecular weight excluding hydrogens is 419 g/mol. The van der Waals surface area contributed by atoms with Crippen molar-refractivity contribution in [3.8, 4) is 0 Å². The molecule has 3 rings (SSSR count). The molecule has 3 heterocycles. The molecule has 0 N–H and O–H groups in total. The van der Waals surface area contributed by atoms with Gasteiger partial charge >= 0.3 is 12.1 Å². The van der Waals surface area contributed by atoms with Gasteiger partial charge in [0.05, 0.1) is 28.5 Å². The van der Waals surface area contributed by atoms with Crippen molar-refractivity contribution in [3.05, 3.63) is 22.6 Å². The minimum Gasteiger partial charge on any atom is -0.465 e. The highest BCUT2D eigenvalue weighted by Crippen LogP contribution is 2.40. The van der Waals surface area contributed by atoms with Gasteiger partial charge in [-0.25, -0.2) is 9.78 Å². The van der Waals surface area contributed by atoms with E-state index in [-0.39, 0.29) is 27.5 Å². The molecule has 1 aliphatic rings. The minimum absolute atomic E-state index is 0.00730. The van der Waals surface area contributed by atoms with E-state index in [1.807, 2.05) is 0 Å².